The highest BCUT2D eigenvalue weighted by atomic mass is 15.2. The Morgan fingerprint density at radius 3 is 1.19 bits per heavy atom. The van der Waals surface area contributed by atoms with Crippen LogP contribution in [-0.2, 0) is 0 Å². The molecule has 0 saturated carbocycles. The molecule has 0 spiro atoms. The first-order valence-corrected chi connectivity index (χ1v) is 24.6. The molecule has 0 unspecified atom stereocenters. The van der Waals surface area contributed by atoms with Gasteiger partial charge in [0.15, 0.2) is 0 Å². The zero-order chi connectivity index (χ0) is 39.4. The Balaban J connectivity index is 4.73. The van der Waals surface area contributed by atoms with E-state index in [-0.39, 0.29) is 0 Å². The van der Waals surface area contributed by atoms with Gasteiger partial charge in [-0.3, -0.25) is 0 Å². The third-order valence-corrected chi connectivity index (χ3v) is 11.3. The first-order valence-electron chi connectivity index (χ1n) is 24.6. The summed E-state index contributed by atoms with van der Waals surface area (Å²) < 4.78 is 0. The normalized spacial score (nSPS) is 12.4. The van der Waals surface area contributed by atoms with E-state index in [0.29, 0.717) is 6.04 Å². The van der Waals surface area contributed by atoms with Crippen molar-refractivity contribution in [3.63, 3.8) is 0 Å². The van der Waals surface area contributed by atoms with E-state index in [2.05, 4.69) is 88.1 Å². The van der Waals surface area contributed by atoms with Crippen molar-refractivity contribution < 1.29 is 0 Å². The van der Waals surface area contributed by atoms with Crippen LogP contribution in [0.1, 0.15) is 259 Å². The lowest BCUT2D eigenvalue weighted by atomic mass is 9.96. The van der Waals surface area contributed by atoms with Gasteiger partial charge in [0.2, 0.25) is 0 Å². The van der Waals surface area contributed by atoms with Gasteiger partial charge in [0.05, 0.1) is 0 Å². The topological polar surface area (TPSA) is 3.24 Å². The second-order valence-electron chi connectivity index (χ2n) is 17.2. The monoisotopic (exact) mass is 750 g/mol. The van der Waals surface area contributed by atoms with Crippen LogP contribution in [0.2, 0.25) is 0 Å². The molecular formula is C53H99N. The van der Waals surface area contributed by atoms with Crippen LogP contribution in [0.3, 0.4) is 0 Å². The summed E-state index contributed by atoms with van der Waals surface area (Å²) in [4.78, 5) is 2.84. The first kappa shape index (κ1) is 52.5. The summed E-state index contributed by atoms with van der Waals surface area (Å²) in [6, 6.07) is 0.696. The molecule has 0 saturated heterocycles. The van der Waals surface area contributed by atoms with E-state index in [1.54, 1.807) is 0 Å². The Hall–Kier alpha value is -1.50. The van der Waals surface area contributed by atoms with Crippen molar-refractivity contribution in [2.75, 3.05) is 6.54 Å². The Morgan fingerprint density at radius 2 is 0.759 bits per heavy atom. The number of allylic oxidation sites excluding steroid dienone is 9. The van der Waals surface area contributed by atoms with Gasteiger partial charge in [0, 0.05) is 18.3 Å². The fourth-order valence-corrected chi connectivity index (χ4v) is 7.71. The molecule has 0 heterocycles. The Morgan fingerprint density at radius 1 is 0.407 bits per heavy atom. The van der Waals surface area contributed by atoms with Gasteiger partial charge in [-0.05, 0) is 109 Å². The Bertz CT molecular complexity index is 810. The van der Waals surface area contributed by atoms with E-state index >= 15 is 0 Å². The molecule has 0 aliphatic rings. The first-order chi connectivity index (χ1) is 26.6. The second kappa shape index (κ2) is 44.2. The van der Waals surface area contributed by atoms with Crippen LogP contribution in [0.15, 0.2) is 60.9 Å². The minimum absolute atomic E-state index is 0.696. The molecule has 1 heteroatoms. The number of unbranched alkanes of at least 4 members (excludes halogenated alkanes) is 23. The molecule has 1 nitrogen and oxygen atoms in total. The van der Waals surface area contributed by atoms with Gasteiger partial charge < -0.3 is 4.90 Å². The molecule has 0 aliphatic carbocycles. The summed E-state index contributed by atoms with van der Waals surface area (Å²) in [5.41, 5.74) is 1.46. The minimum atomic E-state index is 0.696. The molecule has 0 aromatic carbocycles. The summed E-state index contributed by atoms with van der Waals surface area (Å²) in [7, 11) is 0. The molecule has 54 heavy (non-hydrogen) atoms. The van der Waals surface area contributed by atoms with Crippen molar-refractivity contribution in [1.29, 1.82) is 0 Å². The fourth-order valence-electron chi connectivity index (χ4n) is 7.71. The summed E-state index contributed by atoms with van der Waals surface area (Å²) in [5.74, 6) is 0.789. The van der Waals surface area contributed by atoms with Crippen LogP contribution < -0.4 is 0 Å². The molecule has 0 aromatic rings. The van der Waals surface area contributed by atoms with Gasteiger partial charge in [-0.2, -0.15) is 0 Å². The smallest absolute Gasteiger partial charge is 0.0286 e. The van der Waals surface area contributed by atoms with Crippen LogP contribution in [-0.4, -0.2) is 17.5 Å². The summed E-state index contributed by atoms with van der Waals surface area (Å²) >= 11 is 0. The molecule has 0 amide bonds. The predicted molar refractivity (Wildman–Crippen MR) is 250 cm³/mol. The maximum absolute atomic E-state index is 4.76. The van der Waals surface area contributed by atoms with Crippen LogP contribution >= 0.6 is 0 Å². The molecule has 0 N–H and O–H groups in total. The van der Waals surface area contributed by atoms with Gasteiger partial charge >= 0.3 is 0 Å². The van der Waals surface area contributed by atoms with Crippen LogP contribution in [0.25, 0.3) is 0 Å². The quantitative estimate of drug-likeness (QED) is 0.0443. The van der Waals surface area contributed by atoms with Crippen LogP contribution in [0, 0.1) is 5.92 Å². The third-order valence-electron chi connectivity index (χ3n) is 11.3. The van der Waals surface area contributed by atoms with E-state index in [9.17, 15) is 0 Å². The molecule has 316 valence electrons. The zero-order valence-electron chi connectivity index (χ0n) is 37.9. The molecule has 0 rings (SSSR count). The highest BCUT2D eigenvalue weighted by molar-refractivity contribution is 4.98. The third kappa shape index (κ3) is 38.8. The Labute approximate surface area is 342 Å². The van der Waals surface area contributed by atoms with Gasteiger partial charge in [-0.15, -0.1) is 0 Å². The largest absolute Gasteiger partial charge is 0.372 e. The second-order valence-corrected chi connectivity index (χ2v) is 17.2. The maximum Gasteiger partial charge on any atom is 0.0286 e. The van der Waals surface area contributed by atoms with Gasteiger partial charge in [-0.25, -0.2) is 0 Å². The molecule has 0 radical (unpaired) electrons. The maximum atomic E-state index is 4.76. The molecule has 0 atom stereocenters. The number of rotatable bonds is 43. The van der Waals surface area contributed by atoms with Crippen molar-refractivity contribution in [3.8, 4) is 0 Å². The van der Waals surface area contributed by atoms with Crippen LogP contribution in [0.4, 0.5) is 0 Å². The molecular weight excluding hydrogens is 651 g/mol. The van der Waals surface area contributed by atoms with Gasteiger partial charge in [-0.1, -0.05) is 212 Å². The molecule has 0 fully saturated rings. The highest BCUT2D eigenvalue weighted by Crippen LogP contribution is 2.26. The van der Waals surface area contributed by atoms with E-state index in [1.165, 1.54) is 224 Å². The average Bonchev–Trinajstić information content (AvgIpc) is 3.16. The van der Waals surface area contributed by atoms with E-state index in [4.69, 9.17) is 6.58 Å². The summed E-state index contributed by atoms with van der Waals surface area (Å²) in [6.45, 7) is 17.6. The number of hydrogen-bond donors (Lipinski definition) is 0. The highest BCUT2D eigenvalue weighted by Gasteiger charge is 2.19. The summed E-state index contributed by atoms with van der Waals surface area (Å²) in [5, 5.41) is 0. The molecule has 0 bridgehead atoms. The zero-order valence-corrected chi connectivity index (χ0v) is 37.9. The van der Waals surface area contributed by atoms with Crippen molar-refractivity contribution in [3.05, 3.63) is 60.9 Å². The number of nitrogens with zero attached hydrogens (tertiary/aromatic N) is 1. The lowest BCUT2D eigenvalue weighted by Crippen LogP contribution is -2.35. The number of hydrogen-bond acceptors (Lipinski definition) is 1. The van der Waals surface area contributed by atoms with E-state index < -0.39 is 0 Å². The van der Waals surface area contributed by atoms with Gasteiger partial charge in [0.25, 0.3) is 0 Å². The minimum Gasteiger partial charge on any atom is -0.372 e. The molecule has 0 aromatic heterocycles. The van der Waals surface area contributed by atoms with E-state index in [1.807, 2.05) is 0 Å². The van der Waals surface area contributed by atoms with Gasteiger partial charge in [0.1, 0.15) is 0 Å². The van der Waals surface area contributed by atoms with E-state index in [0.717, 1.165) is 18.8 Å². The SMILES string of the molecule is C=C(CCCCCCCC)N(CCCC(C)C)C(CCCCCCCC/C=C\C/C=C\CCCCC)CCCCCCCC/C=C\C/C=C\CCCCC. The predicted octanol–water partition coefficient (Wildman–Crippen LogP) is 18.8. The standard InChI is InChI=1S/C53H99N/c1-7-10-13-16-19-21-23-25-27-29-31-33-35-37-40-43-48-53(54(50-45-46-51(4)5)52(6)47-42-39-18-15-12-9-3)49-44-41-38-36-34-32-30-28-26-24-22-20-17-14-11-8-2/h19-22,25-28,51,53H,6-18,23-24,29-50H2,1-5H3/b21-19-,22-20-,27-25-,28-26-. The lowest BCUT2D eigenvalue weighted by Gasteiger charge is -2.36. The van der Waals surface area contributed by atoms with Crippen molar-refractivity contribution in [2.45, 2.75) is 265 Å². The van der Waals surface area contributed by atoms with Crippen molar-refractivity contribution in [2.24, 2.45) is 5.92 Å². The van der Waals surface area contributed by atoms with Crippen molar-refractivity contribution >= 4 is 0 Å². The average molecular weight is 750 g/mol. The van der Waals surface area contributed by atoms with Crippen LogP contribution in [0.5, 0.6) is 0 Å². The fraction of sp³-hybridized carbons (Fsp3) is 0.811. The summed E-state index contributed by atoms with van der Waals surface area (Å²) in [6.07, 6.45) is 65.9. The van der Waals surface area contributed by atoms with Crippen molar-refractivity contribution in [1.82, 2.24) is 4.90 Å². The lowest BCUT2D eigenvalue weighted by molar-refractivity contribution is 0.205. The molecule has 0 aliphatic heterocycles. The Kier molecular flexibility index (Phi) is 43.0.